The Labute approximate surface area is 158 Å². The number of fused-ring (bicyclic) bond motifs is 1. The van der Waals surface area contributed by atoms with Crippen LogP contribution >= 0.6 is 0 Å². The number of rotatable bonds is 5. The third-order valence-electron chi connectivity index (χ3n) is 4.68. The smallest absolute Gasteiger partial charge is 0.317 e. The highest BCUT2D eigenvalue weighted by Gasteiger charge is 2.27. The second kappa shape index (κ2) is 8.03. The fourth-order valence-corrected chi connectivity index (χ4v) is 3.25. The number of para-hydroxylation sites is 2. The largest absolute Gasteiger partial charge is 0.471 e. The molecule has 0 radical (unpaired) electrons. The van der Waals surface area contributed by atoms with Crippen molar-refractivity contribution in [3.63, 3.8) is 0 Å². The van der Waals surface area contributed by atoms with Crippen LogP contribution in [0.2, 0.25) is 0 Å². The van der Waals surface area contributed by atoms with E-state index in [0.29, 0.717) is 25.5 Å². The van der Waals surface area contributed by atoms with Crippen LogP contribution in [-0.4, -0.2) is 46.6 Å². The van der Waals surface area contributed by atoms with E-state index in [2.05, 4.69) is 27.4 Å². The molecule has 0 aliphatic carbocycles. The number of carbonyl (C=O) groups excluding carboxylic acids is 1. The van der Waals surface area contributed by atoms with Crippen LogP contribution < -0.4 is 10.1 Å². The third kappa shape index (κ3) is 4.34. The molecule has 2 heterocycles. The Balaban J connectivity index is 1.27. The van der Waals surface area contributed by atoms with Crippen molar-refractivity contribution in [1.82, 2.24) is 20.2 Å². The van der Waals surface area contributed by atoms with E-state index in [1.807, 2.05) is 42.5 Å². The predicted octanol–water partition coefficient (Wildman–Crippen LogP) is 3.04. The summed E-state index contributed by atoms with van der Waals surface area (Å²) >= 11 is 0. The minimum Gasteiger partial charge on any atom is -0.471 e. The van der Waals surface area contributed by atoms with Gasteiger partial charge in [0, 0.05) is 19.5 Å². The van der Waals surface area contributed by atoms with Crippen molar-refractivity contribution in [2.24, 2.45) is 0 Å². The first kappa shape index (κ1) is 17.3. The van der Waals surface area contributed by atoms with Gasteiger partial charge in [0.25, 0.3) is 0 Å². The van der Waals surface area contributed by atoms with Crippen molar-refractivity contribution in [1.29, 1.82) is 0 Å². The number of nitrogens with zero attached hydrogens (tertiary/aromatic N) is 3. The number of amides is 2. The number of ether oxygens (including phenoxy) is 1. The van der Waals surface area contributed by atoms with Gasteiger partial charge in [0.2, 0.25) is 5.88 Å². The zero-order valence-corrected chi connectivity index (χ0v) is 15.0. The lowest BCUT2D eigenvalue weighted by Gasteiger charge is -2.17. The van der Waals surface area contributed by atoms with Crippen molar-refractivity contribution in [2.75, 3.05) is 19.6 Å². The zero-order valence-electron chi connectivity index (χ0n) is 15.0. The van der Waals surface area contributed by atoms with E-state index in [-0.39, 0.29) is 12.1 Å². The maximum Gasteiger partial charge on any atom is 0.317 e. The monoisotopic (exact) mass is 362 g/mol. The van der Waals surface area contributed by atoms with E-state index in [9.17, 15) is 4.79 Å². The van der Waals surface area contributed by atoms with Crippen LogP contribution in [-0.2, 0) is 6.42 Å². The van der Waals surface area contributed by atoms with Crippen molar-refractivity contribution in [2.45, 2.75) is 18.9 Å². The lowest BCUT2D eigenvalue weighted by Crippen LogP contribution is -2.40. The summed E-state index contributed by atoms with van der Waals surface area (Å²) in [7, 11) is 0. The first-order valence-corrected chi connectivity index (χ1v) is 9.23. The Bertz CT molecular complexity index is 916. The van der Waals surface area contributed by atoms with Gasteiger partial charge in [-0.25, -0.2) is 14.8 Å². The molecule has 1 aromatic heterocycles. The van der Waals surface area contributed by atoms with Crippen LogP contribution in [0.3, 0.4) is 0 Å². The first-order chi connectivity index (χ1) is 13.3. The Morgan fingerprint density at radius 3 is 2.74 bits per heavy atom. The molecule has 2 aromatic carbocycles. The summed E-state index contributed by atoms with van der Waals surface area (Å²) in [5, 5.41) is 2.99. The molecule has 4 rings (SSSR count). The molecular weight excluding hydrogens is 340 g/mol. The van der Waals surface area contributed by atoms with Crippen molar-refractivity contribution < 1.29 is 9.53 Å². The lowest BCUT2D eigenvalue weighted by molar-refractivity contribution is 0.183. The fraction of sp³-hybridized carbons (Fsp3) is 0.286. The summed E-state index contributed by atoms with van der Waals surface area (Å²) in [6.07, 6.45) is 3.21. The number of benzene rings is 2. The molecule has 1 fully saturated rings. The van der Waals surface area contributed by atoms with Gasteiger partial charge in [-0.15, -0.1) is 0 Å². The van der Waals surface area contributed by atoms with Crippen LogP contribution in [0.4, 0.5) is 4.79 Å². The number of aromatic nitrogens is 2. The normalized spacial score (nSPS) is 16.4. The molecule has 2 amide bonds. The van der Waals surface area contributed by atoms with Gasteiger partial charge in [-0.1, -0.05) is 42.5 Å². The number of carbonyl (C=O) groups is 1. The van der Waals surface area contributed by atoms with E-state index in [4.69, 9.17) is 4.74 Å². The molecule has 1 aliphatic heterocycles. The second-order valence-corrected chi connectivity index (χ2v) is 6.64. The molecule has 27 heavy (non-hydrogen) atoms. The number of hydrogen-bond acceptors (Lipinski definition) is 4. The standard InChI is InChI=1S/C21H22N4O2/c26-21(22-12-10-16-6-2-1-3-7-16)25-13-11-17(15-25)27-20-14-23-18-8-4-5-9-19(18)24-20/h1-9,14,17H,10-13,15H2,(H,22,26)/t17-/m0/s1. The van der Waals surface area contributed by atoms with Crippen molar-refractivity contribution in [3.8, 4) is 5.88 Å². The Morgan fingerprint density at radius 1 is 1.11 bits per heavy atom. The maximum absolute atomic E-state index is 12.3. The molecule has 6 heteroatoms. The van der Waals surface area contributed by atoms with Gasteiger partial charge in [-0.2, -0.15) is 0 Å². The molecule has 3 aromatic rings. The SMILES string of the molecule is O=C(NCCc1ccccc1)N1CC[C@H](Oc2cnc3ccccc3n2)C1. The van der Waals surface area contributed by atoms with Gasteiger partial charge in [0.05, 0.1) is 23.8 Å². The summed E-state index contributed by atoms with van der Waals surface area (Å²) in [5.41, 5.74) is 2.87. The summed E-state index contributed by atoms with van der Waals surface area (Å²) in [6, 6.07) is 17.8. The van der Waals surface area contributed by atoms with Crippen LogP contribution in [0.15, 0.2) is 60.8 Å². The van der Waals surface area contributed by atoms with Gasteiger partial charge >= 0.3 is 6.03 Å². The molecular formula is C21H22N4O2. The topological polar surface area (TPSA) is 67.4 Å². The van der Waals surface area contributed by atoms with Gasteiger partial charge < -0.3 is 15.0 Å². The molecule has 1 saturated heterocycles. The average molecular weight is 362 g/mol. The molecule has 0 saturated carbocycles. The van der Waals surface area contributed by atoms with Crippen molar-refractivity contribution >= 4 is 17.1 Å². The number of nitrogens with one attached hydrogen (secondary N) is 1. The van der Waals surface area contributed by atoms with Crippen LogP contribution in [0.25, 0.3) is 11.0 Å². The van der Waals surface area contributed by atoms with E-state index < -0.39 is 0 Å². The lowest BCUT2D eigenvalue weighted by atomic mass is 10.1. The zero-order chi connectivity index (χ0) is 18.5. The second-order valence-electron chi connectivity index (χ2n) is 6.64. The third-order valence-corrected chi connectivity index (χ3v) is 4.68. The summed E-state index contributed by atoms with van der Waals surface area (Å²) in [6.45, 7) is 1.87. The predicted molar refractivity (Wildman–Crippen MR) is 104 cm³/mol. The fourth-order valence-electron chi connectivity index (χ4n) is 3.25. The van der Waals surface area contributed by atoms with E-state index in [0.717, 1.165) is 23.9 Å². The highest BCUT2D eigenvalue weighted by atomic mass is 16.5. The number of likely N-dealkylation sites (tertiary alicyclic amines) is 1. The van der Waals surface area contributed by atoms with Gasteiger partial charge in [0.15, 0.2) is 0 Å². The molecule has 6 nitrogen and oxygen atoms in total. The van der Waals surface area contributed by atoms with Crippen molar-refractivity contribution in [3.05, 3.63) is 66.4 Å². The van der Waals surface area contributed by atoms with Crippen LogP contribution in [0.5, 0.6) is 5.88 Å². The first-order valence-electron chi connectivity index (χ1n) is 9.23. The molecule has 1 N–H and O–H groups in total. The molecule has 138 valence electrons. The number of urea groups is 1. The van der Waals surface area contributed by atoms with Gasteiger partial charge in [-0.3, -0.25) is 0 Å². The van der Waals surface area contributed by atoms with E-state index >= 15 is 0 Å². The highest BCUT2D eigenvalue weighted by Crippen LogP contribution is 2.18. The molecule has 0 bridgehead atoms. The number of hydrogen-bond donors (Lipinski definition) is 1. The van der Waals surface area contributed by atoms with E-state index in [1.165, 1.54) is 5.56 Å². The van der Waals surface area contributed by atoms with E-state index in [1.54, 1.807) is 11.1 Å². The highest BCUT2D eigenvalue weighted by molar-refractivity contribution is 5.75. The minimum absolute atomic E-state index is 0.0402. The molecule has 0 spiro atoms. The molecule has 0 unspecified atom stereocenters. The van der Waals surface area contributed by atoms with Gasteiger partial charge in [0.1, 0.15) is 6.10 Å². The van der Waals surface area contributed by atoms with Gasteiger partial charge in [-0.05, 0) is 24.1 Å². The quantitative estimate of drug-likeness (QED) is 0.758. The summed E-state index contributed by atoms with van der Waals surface area (Å²) < 4.78 is 5.94. The molecule has 1 aliphatic rings. The molecule has 1 atom stereocenters. The van der Waals surface area contributed by atoms with Crippen LogP contribution in [0.1, 0.15) is 12.0 Å². The Morgan fingerprint density at radius 2 is 1.89 bits per heavy atom. The Hall–Kier alpha value is -3.15. The Kier molecular flexibility index (Phi) is 5.14. The van der Waals surface area contributed by atoms with Crippen LogP contribution in [0, 0.1) is 0 Å². The summed E-state index contributed by atoms with van der Waals surface area (Å²) in [4.78, 5) is 23.0. The summed E-state index contributed by atoms with van der Waals surface area (Å²) in [5.74, 6) is 0.505. The average Bonchev–Trinajstić information content (AvgIpc) is 3.17. The maximum atomic E-state index is 12.3. The minimum atomic E-state index is -0.0552.